The number of nitrogens with one attached hydrogen (secondary N) is 2. The molecule has 16 heavy (non-hydrogen) atoms. The zero-order chi connectivity index (χ0) is 11.5. The van der Waals surface area contributed by atoms with E-state index < -0.39 is 6.03 Å². The van der Waals surface area contributed by atoms with Gasteiger partial charge in [-0.25, -0.2) is 4.79 Å². The van der Waals surface area contributed by atoms with Gasteiger partial charge in [-0.15, -0.1) is 0 Å². The molecule has 3 amide bonds. The fraction of sp³-hybridized carbons (Fsp3) is 0.167. The molecule has 4 heteroatoms. The fourth-order valence-electron chi connectivity index (χ4n) is 1.50. The monoisotopic (exact) mass is 216 g/mol. The summed E-state index contributed by atoms with van der Waals surface area (Å²) in [7, 11) is 0. The minimum atomic E-state index is -0.471. The molecule has 82 valence electrons. The average molecular weight is 216 g/mol. The van der Waals surface area contributed by atoms with Crippen LogP contribution in [-0.4, -0.2) is 11.9 Å². The van der Waals surface area contributed by atoms with Crippen molar-refractivity contribution in [2.45, 2.75) is 13.3 Å². The third kappa shape index (κ3) is 2.11. The Kier molecular flexibility index (Phi) is 2.72. The molecule has 4 nitrogen and oxygen atoms in total. The summed E-state index contributed by atoms with van der Waals surface area (Å²) in [5, 5.41) is 4.59. The van der Waals surface area contributed by atoms with Crippen LogP contribution in [0.15, 0.2) is 30.0 Å². The highest BCUT2D eigenvalue weighted by molar-refractivity contribution is 6.13. The molecular weight excluding hydrogens is 204 g/mol. The standard InChI is InChI=1S/C12H12N2O2/c1-2-8-3-5-9(6-4-8)7-10-11(15)14-12(16)13-10/h3-7H,2H2,1H3,(H2,13,14,15,16)/b10-7+. The second kappa shape index (κ2) is 4.18. The van der Waals surface area contributed by atoms with Crippen molar-refractivity contribution in [2.75, 3.05) is 0 Å². The van der Waals surface area contributed by atoms with Gasteiger partial charge < -0.3 is 5.32 Å². The molecule has 0 spiro atoms. The van der Waals surface area contributed by atoms with Crippen molar-refractivity contribution in [1.29, 1.82) is 0 Å². The molecule has 0 unspecified atom stereocenters. The van der Waals surface area contributed by atoms with Gasteiger partial charge in [-0.2, -0.15) is 0 Å². The highest BCUT2D eigenvalue weighted by Gasteiger charge is 2.22. The minimum absolute atomic E-state index is 0.286. The first-order chi connectivity index (χ1) is 7.69. The van der Waals surface area contributed by atoms with Crippen molar-refractivity contribution in [3.05, 3.63) is 41.1 Å². The van der Waals surface area contributed by atoms with Crippen LogP contribution in [0.3, 0.4) is 0 Å². The van der Waals surface area contributed by atoms with Gasteiger partial charge in [-0.3, -0.25) is 10.1 Å². The third-order valence-corrected chi connectivity index (χ3v) is 2.42. The predicted octanol–water partition coefficient (Wildman–Crippen LogP) is 1.43. The highest BCUT2D eigenvalue weighted by atomic mass is 16.2. The molecular formula is C12H12N2O2. The van der Waals surface area contributed by atoms with E-state index in [-0.39, 0.29) is 11.6 Å². The maximum Gasteiger partial charge on any atom is 0.326 e. The molecule has 0 radical (unpaired) electrons. The molecule has 2 N–H and O–H groups in total. The molecule has 0 bridgehead atoms. The Labute approximate surface area is 93.3 Å². The Morgan fingerprint density at radius 3 is 2.31 bits per heavy atom. The van der Waals surface area contributed by atoms with Crippen molar-refractivity contribution in [2.24, 2.45) is 0 Å². The van der Waals surface area contributed by atoms with Crippen molar-refractivity contribution in [1.82, 2.24) is 10.6 Å². The summed E-state index contributed by atoms with van der Waals surface area (Å²) >= 11 is 0. The summed E-state index contributed by atoms with van der Waals surface area (Å²) in [4.78, 5) is 22.1. The SMILES string of the molecule is CCc1ccc(/C=C2/NC(=O)NC2=O)cc1. The van der Waals surface area contributed by atoms with E-state index in [9.17, 15) is 9.59 Å². The van der Waals surface area contributed by atoms with Crippen LogP contribution in [0.1, 0.15) is 18.1 Å². The summed E-state index contributed by atoms with van der Waals surface area (Å²) in [5.41, 5.74) is 2.42. The van der Waals surface area contributed by atoms with Gasteiger partial charge in [0, 0.05) is 0 Å². The van der Waals surface area contributed by atoms with Gasteiger partial charge in [0.25, 0.3) is 5.91 Å². The second-order valence-corrected chi connectivity index (χ2v) is 3.56. The third-order valence-electron chi connectivity index (χ3n) is 2.42. The van der Waals surface area contributed by atoms with Crippen LogP contribution in [0, 0.1) is 0 Å². The van der Waals surface area contributed by atoms with Gasteiger partial charge >= 0.3 is 6.03 Å². The maximum atomic E-state index is 11.2. The Morgan fingerprint density at radius 1 is 1.12 bits per heavy atom. The summed E-state index contributed by atoms with van der Waals surface area (Å²) < 4.78 is 0. The van der Waals surface area contributed by atoms with Crippen LogP contribution in [0.25, 0.3) is 6.08 Å². The number of hydrogen-bond donors (Lipinski definition) is 2. The Morgan fingerprint density at radius 2 is 1.81 bits per heavy atom. The Balaban J connectivity index is 2.22. The first kappa shape index (κ1) is 10.4. The van der Waals surface area contributed by atoms with Gasteiger partial charge in [0.05, 0.1) is 0 Å². The number of carbonyl (C=O) groups excluding carboxylic acids is 2. The molecule has 0 aromatic heterocycles. The first-order valence-electron chi connectivity index (χ1n) is 5.12. The van der Waals surface area contributed by atoms with Crippen LogP contribution in [0.5, 0.6) is 0 Å². The summed E-state index contributed by atoms with van der Waals surface area (Å²) in [6.45, 7) is 2.08. The largest absolute Gasteiger partial charge is 0.326 e. The molecule has 1 fully saturated rings. The van der Waals surface area contributed by atoms with Gasteiger partial charge in [0.15, 0.2) is 0 Å². The van der Waals surface area contributed by atoms with Crippen molar-refractivity contribution >= 4 is 18.0 Å². The molecule has 2 rings (SSSR count). The normalized spacial score (nSPS) is 17.4. The first-order valence-corrected chi connectivity index (χ1v) is 5.12. The molecule has 0 aliphatic carbocycles. The van der Waals surface area contributed by atoms with Crippen LogP contribution >= 0.6 is 0 Å². The number of benzene rings is 1. The van der Waals surface area contributed by atoms with Crippen LogP contribution in [-0.2, 0) is 11.2 Å². The van der Waals surface area contributed by atoms with Crippen LogP contribution < -0.4 is 10.6 Å². The topological polar surface area (TPSA) is 58.2 Å². The van der Waals surface area contributed by atoms with E-state index in [4.69, 9.17) is 0 Å². The zero-order valence-electron chi connectivity index (χ0n) is 8.91. The minimum Gasteiger partial charge on any atom is -0.303 e. The molecule has 1 aliphatic heterocycles. The van der Waals surface area contributed by atoms with Gasteiger partial charge in [0.1, 0.15) is 5.70 Å². The summed E-state index contributed by atoms with van der Waals surface area (Å²) in [5.74, 6) is -0.385. The number of rotatable bonds is 2. The molecule has 1 aromatic rings. The number of aryl methyl sites for hydroxylation is 1. The van der Waals surface area contributed by atoms with E-state index in [0.717, 1.165) is 12.0 Å². The lowest BCUT2D eigenvalue weighted by Crippen LogP contribution is -2.22. The molecule has 1 heterocycles. The number of hydrogen-bond acceptors (Lipinski definition) is 2. The zero-order valence-corrected chi connectivity index (χ0v) is 8.91. The number of amides is 3. The Hall–Kier alpha value is -2.10. The number of urea groups is 1. The lowest BCUT2D eigenvalue weighted by Gasteiger charge is -1.98. The molecule has 1 aromatic carbocycles. The van der Waals surface area contributed by atoms with Gasteiger partial charge in [0.2, 0.25) is 0 Å². The van der Waals surface area contributed by atoms with Crippen LogP contribution in [0.2, 0.25) is 0 Å². The van der Waals surface area contributed by atoms with E-state index in [1.165, 1.54) is 5.56 Å². The summed E-state index contributed by atoms with van der Waals surface area (Å²) in [6.07, 6.45) is 2.63. The van der Waals surface area contributed by atoms with Gasteiger partial charge in [-0.1, -0.05) is 31.2 Å². The summed E-state index contributed by atoms with van der Waals surface area (Å²) in [6, 6.07) is 7.37. The highest BCUT2D eigenvalue weighted by Crippen LogP contribution is 2.10. The Bertz CT molecular complexity index is 460. The lowest BCUT2D eigenvalue weighted by atomic mass is 10.1. The van der Waals surface area contributed by atoms with Crippen molar-refractivity contribution in [3.8, 4) is 0 Å². The fourth-order valence-corrected chi connectivity index (χ4v) is 1.50. The van der Waals surface area contributed by atoms with E-state index in [1.54, 1.807) is 6.08 Å². The molecule has 1 saturated heterocycles. The average Bonchev–Trinajstić information content (AvgIpc) is 2.59. The molecule has 0 atom stereocenters. The van der Waals surface area contributed by atoms with Gasteiger partial charge in [-0.05, 0) is 23.6 Å². The lowest BCUT2D eigenvalue weighted by molar-refractivity contribution is -0.115. The molecule has 1 aliphatic rings. The van der Waals surface area contributed by atoms with E-state index in [2.05, 4.69) is 17.6 Å². The van der Waals surface area contributed by atoms with Crippen molar-refractivity contribution in [3.63, 3.8) is 0 Å². The molecule has 0 saturated carbocycles. The second-order valence-electron chi connectivity index (χ2n) is 3.56. The van der Waals surface area contributed by atoms with E-state index in [0.29, 0.717) is 0 Å². The van der Waals surface area contributed by atoms with E-state index in [1.807, 2.05) is 24.3 Å². The number of carbonyl (C=O) groups is 2. The quantitative estimate of drug-likeness (QED) is 0.580. The number of imide groups is 1. The van der Waals surface area contributed by atoms with E-state index >= 15 is 0 Å². The van der Waals surface area contributed by atoms with Crippen molar-refractivity contribution < 1.29 is 9.59 Å². The predicted molar refractivity (Wildman–Crippen MR) is 60.5 cm³/mol. The van der Waals surface area contributed by atoms with Crippen LogP contribution in [0.4, 0.5) is 4.79 Å². The smallest absolute Gasteiger partial charge is 0.303 e. The maximum absolute atomic E-state index is 11.2.